The molecule has 0 rings (SSSR count). The third-order valence-electron chi connectivity index (χ3n) is 0.700. The summed E-state index contributed by atoms with van der Waals surface area (Å²) in [5, 5.41) is 2.78. The zero-order valence-electron chi connectivity index (χ0n) is 5.24. The number of hydrogen-bond acceptors (Lipinski definition) is 4. The van der Waals surface area contributed by atoms with Crippen molar-refractivity contribution >= 4 is 26.3 Å². The molecule has 7 heteroatoms. The van der Waals surface area contributed by atoms with Crippen LogP contribution in [0.2, 0.25) is 0 Å². The van der Waals surface area contributed by atoms with Crippen LogP contribution in [0.5, 0.6) is 0 Å². The van der Waals surface area contributed by atoms with E-state index in [-0.39, 0.29) is 5.33 Å². The van der Waals surface area contributed by atoms with Crippen LogP contribution in [0, 0.1) is 0 Å². The Morgan fingerprint density at radius 1 is 1.80 bits per heavy atom. The summed E-state index contributed by atoms with van der Waals surface area (Å²) in [6.07, 6.45) is -0.727. The van der Waals surface area contributed by atoms with Crippen LogP contribution < -0.4 is 5.32 Å². The lowest BCUT2D eigenvalue weighted by atomic mass is 10.7. The third kappa shape index (κ3) is 5.12. The smallest absolute Gasteiger partial charge is 0.293 e. The fourth-order valence-electron chi connectivity index (χ4n) is 0.298. The van der Waals surface area contributed by atoms with Crippen LogP contribution in [0.3, 0.4) is 0 Å². The first-order valence-electron chi connectivity index (χ1n) is 2.38. The lowest BCUT2D eigenvalue weighted by Crippen LogP contribution is -2.32. The van der Waals surface area contributed by atoms with Crippen molar-refractivity contribution in [2.75, 3.05) is 12.4 Å². The fourth-order valence-corrected chi connectivity index (χ4v) is 1.39. The van der Waals surface area contributed by atoms with Crippen molar-refractivity contribution in [3.05, 3.63) is 0 Å². The Bertz CT molecular complexity index is 175. The molecule has 0 fully saturated rings. The highest BCUT2D eigenvalue weighted by molar-refractivity contribution is 9.09. The molecule has 0 saturated carbocycles. The minimum atomic E-state index is -4.34. The molecule has 0 bridgehead atoms. The van der Waals surface area contributed by atoms with E-state index < -0.39 is 16.6 Å². The van der Waals surface area contributed by atoms with Crippen molar-refractivity contribution in [1.82, 2.24) is 5.32 Å². The van der Waals surface area contributed by atoms with E-state index in [1.807, 2.05) is 0 Å². The van der Waals surface area contributed by atoms with Crippen LogP contribution >= 0.6 is 15.9 Å². The quantitative estimate of drug-likeness (QED) is 0.398. The molecule has 5 nitrogen and oxygen atoms in total. The second-order valence-electron chi connectivity index (χ2n) is 1.46. The van der Waals surface area contributed by atoms with Crippen LogP contribution in [-0.2, 0) is 14.6 Å². The SMILES string of the molecule is CNC(CBr)OS(=O)(=O)O. The van der Waals surface area contributed by atoms with Crippen LogP contribution in [-0.4, -0.2) is 31.6 Å². The summed E-state index contributed by atoms with van der Waals surface area (Å²) >= 11 is 2.97. The average Bonchev–Trinajstić information content (AvgIpc) is 1.81. The van der Waals surface area contributed by atoms with E-state index in [0.29, 0.717) is 0 Å². The van der Waals surface area contributed by atoms with Crippen LogP contribution in [0.25, 0.3) is 0 Å². The highest BCUT2D eigenvalue weighted by atomic mass is 79.9. The zero-order chi connectivity index (χ0) is 8.20. The van der Waals surface area contributed by atoms with E-state index >= 15 is 0 Å². The second-order valence-corrected chi connectivity index (χ2v) is 3.15. The third-order valence-corrected chi connectivity index (χ3v) is 1.76. The van der Waals surface area contributed by atoms with E-state index in [1.54, 1.807) is 0 Å². The van der Waals surface area contributed by atoms with Gasteiger partial charge in [0.15, 0.2) is 0 Å². The Kier molecular flexibility index (Phi) is 4.37. The Balaban J connectivity index is 3.87. The molecule has 0 amide bonds. The van der Waals surface area contributed by atoms with Crippen molar-refractivity contribution in [2.24, 2.45) is 0 Å². The summed E-state index contributed by atoms with van der Waals surface area (Å²) in [4.78, 5) is 0. The predicted octanol–water partition coefficient (Wildman–Crippen LogP) is -0.254. The van der Waals surface area contributed by atoms with Crippen LogP contribution in [0.15, 0.2) is 0 Å². The lowest BCUT2D eigenvalue weighted by Gasteiger charge is -2.09. The van der Waals surface area contributed by atoms with Crippen LogP contribution in [0.1, 0.15) is 0 Å². The molecule has 0 aromatic carbocycles. The van der Waals surface area contributed by atoms with Gasteiger partial charge in [-0.2, -0.15) is 8.42 Å². The van der Waals surface area contributed by atoms with Gasteiger partial charge in [0.2, 0.25) is 0 Å². The minimum Gasteiger partial charge on any atom is -0.293 e. The molecular formula is C3H8BrNO4S. The normalized spacial score (nSPS) is 15.1. The van der Waals surface area contributed by atoms with Gasteiger partial charge in [-0.05, 0) is 7.05 Å². The zero-order valence-corrected chi connectivity index (χ0v) is 7.65. The van der Waals surface area contributed by atoms with Crippen molar-refractivity contribution in [3.63, 3.8) is 0 Å². The van der Waals surface area contributed by atoms with E-state index in [9.17, 15) is 8.42 Å². The highest BCUT2D eigenvalue weighted by Crippen LogP contribution is 1.96. The Morgan fingerprint density at radius 2 is 2.30 bits per heavy atom. The molecule has 62 valence electrons. The summed E-state index contributed by atoms with van der Waals surface area (Å²) in [5.74, 6) is 0. The number of nitrogens with one attached hydrogen (secondary N) is 1. The van der Waals surface area contributed by atoms with Crippen molar-refractivity contribution in [3.8, 4) is 0 Å². The molecule has 1 atom stereocenters. The van der Waals surface area contributed by atoms with Gasteiger partial charge in [-0.15, -0.1) is 0 Å². The minimum absolute atomic E-state index is 0.281. The Hall–Kier alpha value is 0.310. The summed E-state index contributed by atoms with van der Waals surface area (Å²) in [6.45, 7) is 0. The molecule has 0 saturated heterocycles. The van der Waals surface area contributed by atoms with Gasteiger partial charge in [0, 0.05) is 5.33 Å². The van der Waals surface area contributed by atoms with Gasteiger partial charge in [-0.25, -0.2) is 4.18 Å². The molecule has 0 aromatic rings. The summed E-state index contributed by atoms with van der Waals surface area (Å²) in [7, 11) is -2.83. The first kappa shape index (κ1) is 10.3. The number of hydrogen-bond donors (Lipinski definition) is 2. The number of halogens is 1. The number of rotatable bonds is 4. The first-order chi connectivity index (χ1) is 4.49. The van der Waals surface area contributed by atoms with E-state index in [2.05, 4.69) is 25.4 Å². The maximum Gasteiger partial charge on any atom is 0.398 e. The predicted molar refractivity (Wildman–Crippen MR) is 39.3 cm³/mol. The second kappa shape index (κ2) is 4.24. The van der Waals surface area contributed by atoms with Crippen molar-refractivity contribution < 1.29 is 17.2 Å². The average molecular weight is 234 g/mol. The Morgan fingerprint density at radius 3 is 2.40 bits per heavy atom. The summed E-state index contributed by atoms with van der Waals surface area (Å²) < 4.78 is 32.3. The molecule has 0 aliphatic heterocycles. The molecule has 0 spiro atoms. The van der Waals surface area contributed by atoms with E-state index in [0.717, 1.165) is 0 Å². The molecule has 0 aliphatic carbocycles. The molecule has 0 aromatic heterocycles. The van der Waals surface area contributed by atoms with Crippen LogP contribution in [0.4, 0.5) is 0 Å². The summed E-state index contributed by atoms with van der Waals surface area (Å²) in [6, 6.07) is 0. The molecule has 0 radical (unpaired) electrons. The topological polar surface area (TPSA) is 75.6 Å². The van der Waals surface area contributed by atoms with Gasteiger partial charge in [-0.3, -0.25) is 9.87 Å². The fraction of sp³-hybridized carbons (Fsp3) is 1.00. The van der Waals surface area contributed by atoms with Gasteiger partial charge < -0.3 is 0 Å². The summed E-state index contributed by atoms with van der Waals surface area (Å²) in [5.41, 5.74) is 0. The van der Waals surface area contributed by atoms with E-state index in [1.165, 1.54) is 7.05 Å². The molecule has 0 aliphatic rings. The highest BCUT2D eigenvalue weighted by Gasteiger charge is 2.12. The lowest BCUT2D eigenvalue weighted by molar-refractivity contribution is 0.179. The largest absolute Gasteiger partial charge is 0.398 e. The first-order valence-corrected chi connectivity index (χ1v) is 4.87. The van der Waals surface area contributed by atoms with Crippen molar-refractivity contribution in [1.29, 1.82) is 0 Å². The van der Waals surface area contributed by atoms with Gasteiger partial charge in [0.25, 0.3) is 0 Å². The van der Waals surface area contributed by atoms with Crippen molar-refractivity contribution in [2.45, 2.75) is 6.23 Å². The molecule has 10 heavy (non-hydrogen) atoms. The Labute approximate surface area is 67.8 Å². The van der Waals surface area contributed by atoms with Gasteiger partial charge in [-0.1, -0.05) is 15.9 Å². The molecule has 0 heterocycles. The monoisotopic (exact) mass is 233 g/mol. The molecular weight excluding hydrogens is 226 g/mol. The van der Waals surface area contributed by atoms with Gasteiger partial charge in [0.1, 0.15) is 6.23 Å². The van der Waals surface area contributed by atoms with E-state index in [4.69, 9.17) is 4.55 Å². The molecule has 1 unspecified atom stereocenters. The maximum absolute atomic E-state index is 10.0. The standard InChI is InChI=1S/C3H8BrNO4S/c1-5-3(2-4)9-10(6,7)8/h3,5H,2H2,1H3,(H,6,7,8). The van der Waals surface area contributed by atoms with Gasteiger partial charge >= 0.3 is 10.4 Å². The maximum atomic E-state index is 10.0. The molecule has 2 N–H and O–H groups in total. The van der Waals surface area contributed by atoms with Gasteiger partial charge in [0.05, 0.1) is 0 Å². The number of alkyl halides is 1.